The van der Waals surface area contributed by atoms with Gasteiger partial charge in [0.1, 0.15) is 23.9 Å². The molecular weight excluding hydrogens is 412 g/mol. The average Bonchev–Trinajstić information content (AvgIpc) is 3.36. The van der Waals surface area contributed by atoms with E-state index in [1.54, 1.807) is 0 Å². The second kappa shape index (κ2) is 9.03. The number of halogens is 4. The van der Waals surface area contributed by atoms with Crippen LogP contribution in [0.1, 0.15) is 36.4 Å². The molecule has 0 bridgehead atoms. The van der Waals surface area contributed by atoms with E-state index in [-0.39, 0.29) is 43.2 Å². The highest BCUT2D eigenvalue weighted by molar-refractivity contribution is 5.75. The third kappa shape index (κ3) is 5.63. The smallest absolute Gasteiger partial charge is 0.444 e. The number of aryl methyl sites for hydroxylation is 1. The SMILES string of the molecule is O=C(CCCc1noc(C(F)(F)F)n1)NCC(O)c1coc(-c2ccc(F)cc2)n1. The molecule has 8 nitrogen and oxygen atoms in total. The average molecular weight is 428 g/mol. The van der Waals surface area contributed by atoms with Crippen molar-refractivity contribution in [3.8, 4) is 11.5 Å². The van der Waals surface area contributed by atoms with Crippen molar-refractivity contribution in [2.45, 2.75) is 31.5 Å². The number of alkyl halides is 3. The number of nitrogens with one attached hydrogen (secondary N) is 1. The molecule has 0 saturated heterocycles. The molecule has 1 aromatic carbocycles. The maximum Gasteiger partial charge on any atom is 0.471 e. The largest absolute Gasteiger partial charge is 0.471 e. The lowest BCUT2D eigenvalue weighted by Gasteiger charge is -2.08. The Bertz CT molecular complexity index is 985. The van der Waals surface area contributed by atoms with Gasteiger partial charge in [-0.2, -0.15) is 18.2 Å². The Morgan fingerprint density at radius 2 is 1.93 bits per heavy atom. The van der Waals surface area contributed by atoms with Crippen molar-refractivity contribution in [2.24, 2.45) is 0 Å². The van der Waals surface area contributed by atoms with E-state index in [2.05, 4.69) is 25.0 Å². The number of oxazole rings is 1. The second-order valence-electron chi connectivity index (χ2n) is 6.27. The Kier molecular flexibility index (Phi) is 6.45. The van der Waals surface area contributed by atoms with Crippen molar-refractivity contribution >= 4 is 5.91 Å². The summed E-state index contributed by atoms with van der Waals surface area (Å²) in [6.45, 7) is -0.144. The van der Waals surface area contributed by atoms with Gasteiger partial charge in [-0.3, -0.25) is 4.79 Å². The van der Waals surface area contributed by atoms with Crippen LogP contribution >= 0.6 is 0 Å². The van der Waals surface area contributed by atoms with Crippen molar-refractivity contribution < 1.29 is 36.4 Å². The molecular formula is C18H16F4N4O4. The molecule has 0 radical (unpaired) electrons. The molecule has 0 saturated carbocycles. The summed E-state index contributed by atoms with van der Waals surface area (Å²) >= 11 is 0. The molecule has 0 aliphatic rings. The maximum absolute atomic E-state index is 13.0. The Hall–Kier alpha value is -3.28. The number of hydrogen-bond donors (Lipinski definition) is 2. The first-order valence-electron chi connectivity index (χ1n) is 8.78. The summed E-state index contributed by atoms with van der Waals surface area (Å²) in [6, 6.07) is 5.43. The van der Waals surface area contributed by atoms with Crippen LogP contribution in [-0.4, -0.2) is 32.7 Å². The summed E-state index contributed by atoms with van der Waals surface area (Å²) in [7, 11) is 0. The van der Waals surface area contributed by atoms with Crippen LogP contribution in [0.25, 0.3) is 11.5 Å². The number of amides is 1. The quantitative estimate of drug-likeness (QED) is 0.530. The number of rotatable bonds is 8. The van der Waals surface area contributed by atoms with Crippen molar-refractivity contribution in [1.29, 1.82) is 0 Å². The van der Waals surface area contributed by atoms with Crippen LogP contribution in [0.2, 0.25) is 0 Å². The molecule has 2 N–H and O–H groups in total. The van der Waals surface area contributed by atoms with E-state index < -0.39 is 29.9 Å². The Labute approximate surface area is 166 Å². The van der Waals surface area contributed by atoms with Crippen molar-refractivity contribution in [3.63, 3.8) is 0 Å². The topological polar surface area (TPSA) is 114 Å². The highest BCUT2D eigenvalue weighted by Crippen LogP contribution is 2.27. The molecule has 30 heavy (non-hydrogen) atoms. The van der Waals surface area contributed by atoms with E-state index in [9.17, 15) is 27.5 Å². The lowest BCUT2D eigenvalue weighted by atomic mass is 10.2. The zero-order valence-corrected chi connectivity index (χ0v) is 15.3. The lowest BCUT2D eigenvalue weighted by Crippen LogP contribution is -2.28. The van der Waals surface area contributed by atoms with Crippen molar-refractivity contribution in [1.82, 2.24) is 20.4 Å². The summed E-state index contributed by atoms with van der Waals surface area (Å²) < 4.78 is 59.4. The standard InChI is InChI=1S/C18H16F4N4O4/c19-11-6-4-10(5-7-11)16-24-12(9-29-16)13(27)8-23-15(28)3-1-2-14-25-17(30-26-14)18(20,21)22/h4-7,9,13,27H,1-3,8H2,(H,23,28). The Morgan fingerprint density at radius 3 is 2.60 bits per heavy atom. The van der Waals surface area contributed by atoms with Gasteiger partial charge in [-0.05, 0) is 30.7 Å². The third-order valence-electron chi connectivity index (χ3n) is 3.96. The zero-order valence-electron chi connectivity index (χ0n) is 15.3. The molecule has 1 unspecified atom stereocenters. The molecule has 2 aromatic heterocycles. The number of aromatic nitrogens is 3. The number of aliphatic hydroxyl groups is 1. The van der Waals surface area contributed by atoms with Crippen LogP contribution < -0.4 is 5.32 Å². The molecule has 12 heteroatoms. The maximum atomic E-state index is 13.0. The van der Waals surface area contributed by atoms with Crippen LogP contribution in [0.4, 0.5) is 17.6 Å². The van der Waals surface area contributed by atoms with Gasteiger partial charge in [0.05, 0.1) is 0 Å². The minimum atomic E-state index is -4.71. The first-order valence-corrected chi connectivity index (χ1v) is 8.78. The molecule has 0 aliphatic carbocycles. The van der Waals surface area contributed by atoms with Gasteiger partial charge in [-0.1, -0.05) is 5.16 Å². The number of hydrogen-bond acceptors (Lipinski definition) is 7. The predicted molar refractivity (Wildman–Crippen MR) is 92.1 cm³/mol. The van der Waals surface area contributed by atoms with Crippen LogP contribution in [0.5, 0.6) is 0 Å². The first kappa shape index (κ1) is 21.4. The van der Waals surface area contributed by atoms with E-state index in [0.717, 1.165) is 0 Å². The van der Waals surface area contributed by atoms with E-state index in [0.29, 0.717) is 5.56 Å². The number of carbonyl (C=O) groups excluding carboxylic acids is 1. The molecule has 1 atom stereocenters. The first-order chi connectivity index (χ1) is 14.2. The Balaban J connectivity index is 1.42. The van der Waals surface area contributed by atoms with Crippen molar-refractivity contribution in [3.05, 3.63) is 53.8 Å². The molecule has 3 rings (SSSR count). The third-order valence-corrected chi connectivity index (χ3v) is 3.96. The van der Waals surface area contributed by atoms with Crippen LogP contribution in [0.15, 0.2) is 39.5 Å². The van der Waals surface area contributed by atoms with Gasteiger partial charge in [0.2, 0.25) is 11.8 Å². The normalized spacial score (nSPS) is 12.7. The fraction of sp³-hybridized carbons (Fsp3) is 0.333. The summed E-state index contributed by atoms with van der Waals surface area (Å²) in [6.07, 6.45) is -4.42. The summed E-state index contributed by atoms with van der Waals surface area (Å²) in [5.74, 6) is -2.22. The molecule has 3 aromatic rings. The predicted octanol–water partition coefficient (Wildman–Crippen LogP) is 3.06. The molecule has 160 valence electrons. The zero-order chi connectivity index (χ0) is 21.7. The minimum Gasteiger partial charge on any atom is -0.444 e. The van der Waals surface area contributed by atoms with E-state index in [4.69, 9.17) is 4.42 Å². The summed E-state index contributed by atoms with van der Waals surface area (Å²) in [5, 5.41) is 15.8. The van der Waals surface area contributed by atoms with Crippen LogP contribution in [0, 0.1) is 5.82 Å². The van der Waals surface area contributed by atoms with E-state index in [1.165, 1.54) is 30.5 Å². The van der Waals surface area contributed by atoms with Crippen molar-refractivity contribution in [2.75, 3.05) is 6.54 Å². The summed E-state index contributed by atoms with van der Waals surface area (Å²) in [4.78, 5) is 19.2. The fourth-order valence-corrected chi connectivity index (χ4v) is 2.45. The highest BCUT2D eigenvalue weighted by atomic mass is 19.4. The van der Waals surface area contributed by atoms with Gasteiger partial charge in [-0.15, -0.1) is 0 Å². The number of aliphatic hydroxyl groups excluding tert-OH is 1. The van der Waals surface area contributed by atoms with Gasteiger partial charge in [0.25, 0.3) is 0 Å². The van der Waals surface area contributed by atoms with Gasteiger partial charge >= 0.3 is 12.1 Å². The van der Waals surface area contributed by atoms with Gasteiger partial charge in [0, 0.05) is 24.9 Å². The molecule has 0 aliphatic heterocycles. The van der Waals surface area contributed by atoms with Crippen LogP contribution in [0.3, 0.4) is 0 Å². The lowest BCUT2D eigenvalue weighted by molar-refractivity contribution is -0.159. The minimum absolute atomic E-state index is 0.0117. The number of carbonyl (C=O) groups is 1. The van der Waals surface area contributed by atoms with Crippen LogP contribution in [-0.2, 0) is 17.4 Å². The summed E-state index contributed by atoms with van der Waals surface area (Å²) in [5.41, 5.74) is 0.704. The fourth-order valence-electron chi connectivity index (χ4n) is 2.45. The molecule has 0 fully saturated rings. The monoisotopic (exact) mass is 428 g/mol. The van der Waals surface area contributed by atoms with Gasteiger partial charge in [0.15, 0.2) is 5.82 Å². The Morgan fingerprint density at radius 1 is 1.20 bits per heavy atom. The van der Waals surface area contributed by atoms with Gasteiger partial charge in [-0.25, -0.2) is 9.37 Å². The van der Waals surface area contributed by atoms with E-state index in [1.807, 2.05) is 0 Å². The number of nitrogens with zero attached hydrogens (tertiary/aromatic N) is 3. The molecule has 1 amide bonds. The second-order valence-corrected chi connectivity index (χ2v) is 6.27. The highest BCUT2D eigenvalue weighted by Gasteiger charge is 2.38. The van der Waals surface area contributed by atoms with Gasteiger partial charge < -0.3 is 19.4 Å². The molecule has 2 heterocycles. The van der Waals surface area contributed by atoms with E-state index >= 15 is 0 Å². The molecule has 0 spiro atoms. The number of benzene rings is 1.